The normalized spacial score (nSPS) is 14.0. The number of alkyl halides is 5. The summed E-state index contributed by atoms with van der Waals surface area (Å²) in [6.45, 7) is 5.33. The molecule has 2 aromatic rings. The topological polar surface area (TPSA) is 74.4 Å². The number of nitrogens with zero attached hydrogens (tertiary/aromatic N) is 5. The Balaban J connectivity index is 2.43. The van der Waals surface area contributed by atoms with Crippen molar-refractivity contribution in [1.29, 1.82) is 0 Å². The number of methoxy groups -OCH3 is 1. The number of aryl methyl sites for hydroxylation is 1. The fourth-order valence-electron chi connectivity index (χ4n) is 2.03. The summed E-state index contributed by atoms with van der Waals surface area (Å²) < 4.78 is 88.9. The van der Waals surface area contributed by atoms with Crippen LogP contribution in [-0.2, 0) is 10.8 Å². The van der Waals surface area contributed by atoms with Crippen molar-refractivity contribution in [3.05, 3.63) is 35.3 Å². The molecule has 0 N–H and O–H groups in total. The quantitative estimate of drug-likeness (QED) is 0.500. The Hall–Kier alpha value is -2.96. The maximum absolute atomic E-state index is 14.2. The first-order chi connectivity index (χ1) is 13.4. The zero-order chi connectivity index (χ0) is 22.0. The number of aromatic nitrogens is 4. The van der Waals surface area contributed by atoms with Gasteiger partial charge in [0, 0.05) is 25.1 Å². The van der Waals surface area contributed by atoms with Gasteiger partial charge in [0.2, 0.25) is 5.82 Å². The van der Waals surface area contributed by atoms with E-state index in [-0.39, 0.29) is 17.1 Å². The minimum atomic E-state index is -4.71. The first kappa shape index (κ1) is 22.3. The molecule has 0 aromatic carbocycles. The van der Waals surface area contributed by atoms with Crippen LogP contribution in [0.5, 0.6) is 5.88 Å². The predicted molar refractivity (Wildman–Crippen MR) is 89.7 cm³/mol. The molecule has 0 spiro atoms. The molecule has 0 amide bonds. The molecule has 0 unspecified atom stereocenters. The third kappa shape index (κ3) is 4.91. The second-order valence-electron chi connectivity index (χ2n) is 5.65. The smallest absolute Gasteiger partial charge is 0.425 e. The van der Waals surface area contributed by atoms with Crippen LogP contribution in [0.2, 0.25) is 0 Å². The lowest BCUT2D eigenvalue weighted by molar-refractivity contribution is -0.238. The Kier molecular flexibility index (Phi) is 6.30. The summed E-state index contributed by atoms with van der Waals surface area (Å²) >= 11 is 0. The van der Waals surface area contributed by atoms with Gasteiger partial charge in [-0.1, -0.05) is 0 Å². The van der Waals surface area contributed by atoms with Gasteiger partial charge in [0.25, 0.3) is 5.88 Å². The van der Waals surface area contributed by atoms with E-state index in [4.69, 9.17) is 0 Å². The highest BCUT2D eigenvalue weighted by Gasteiger charge is 2.39. The molecule has 0 saturated heterocycles. The van der Waals surface area contributed by atoms with Crippen LogP contribution in [0.1, 0.15) is 24.1 Å². The Morgan fingerprint density at radius 2 is 1.93 bits per heavy atom. The lowest BCUT2D eigenvalue weighted by Crippen LogP contribution is -2.31. The van der Waals surface area contributed by atoms with Crippen LogP contribution >= 0.6 is 0 Å². The molecule has 2 rings (SSSR count). The molecular weight excluding hydrogens is 408 g/mol. The van der Waals surface area contributed by atoms with Gasteiger partial charge < -0.3 is 9.47 Å². The molecule has 0 fully saturated rings. The molecule has 2 aromatic heterocycles. The fraction of sp³-hybridized carbons (Fsp3) is 0.375. The Morgan fingerprint density at radius 3 is 2.45 bits per heavy atom. The van der Waals surface area contributed by atoms with Gasteiger partial charge in [-0.05, 0) is 26.6 Å². The first-order valence-electron chi connectivity index (χ1n) is 7.83. The monoisotopic (exact) mass is 423 g/mol. The van der Waals surface area contributed by atoms with Crippen LogP contribution in [0.15, 0.2) is 17.3 Å². The summed E-state index contributed by atoms with van der Waals surface area (Å²) in [6, 6.07) is 0.778. The van der Waals surface area contributed by atoms with E-state index in [2.05, 4.69) is 36.4 Å². The molecule has 1 atom stereocenters. The van der Waals surface area contributed by atoms with E-state index in [0.717, 1.165) is 30.1 Å². The molecule has 0 aliphatic rings. The standard InChI is InChI=1S/C16H15F6N5O2/c1-8(15(18,19)20)29-13-11(17)5-10(6-24-13)12(23-3)7-27-9(2)25-26-14(27)16(21,22)28-4/h5-8H,3H2,1-2,4H3/b12-7-/t8-/m0/s1. The van der Waals surface area contributed by atoms with Crippen molar-refractivity contribution in [1.82, 2.24) is 19.7 Å². The molecule has 0 bridgehead atoms. The van der Waals surface area contributed by atoms with Crippen LogP contribution in [-0.4, -0.2) is 45.9 Å². The zero-order valence-corrected chi connectivity index (χ0v) is 15.3. The van der Waals surface area contributed by atoms with Gasteiger partial charge in [-0.3, -0.25) is 9.56 Å². The van der Waals surface area contributed by atoms with Crippen molar-refractivity contribution in [2.24, 2.45) is 4.99 Å². The highest BCUT2D eigenvalue weighted by Crippen LogP contribution is 2.30. The van der Waals surface area contributed by atoms with E-state index in [1.807, 2.05) is 0 Å². The Morgan fingerprint density at radius 1 is 1.28 bits per heavy atom. The van der Waals surface area contributed by atoms with Gasteiger partial charge in [-0.2, -0.15) is 22.0 Å². The SMILES string of the molecule is C=N/C(=C\n1c(C)nnc1C(F)(F)OC)c1cnc(O[C@@H](C)C(F)(F)F)c(F)c1. The zero-order valence-electron chi connectivity index (χ0n) is 15.3. The van der Waals surface area contributed by atoms with Crippen molar-refractivity contribution < 1.29 is 35.8 Å². The largest absolute Gasteiger partial charge is 0.463 e. The van der Waals surface area contributed by atoms with E-state index < -0.39 is 35.9 Å². The first-order valence-corrected chi connectivity index (χ1v) is 7.83. The molecule has 13 heteroatoms. The number of pyridine rings is 1. The molecular formula is C16H15F6N5O2. The van der Waals surface area contributed by atoms with Gasteiger partial charge in [0.15, 0.2) is 11.9 Å². The van der Waals surface area contributed by atoms with E-state index in [1.54, 1.807) is 0 Å². The van der Waals surface area contributed by atoms with Crippen LogP contribution in [0.25, 0.3) is 11.9 Å². The van der Waals surface area contributed by atoms with Gasteiger partial charge >= 0.3 is 12.3 Å². The van der Waals surface area contributed by atoms with Gasteiger partial charge in [-0.15, -0.1) is 10.2 Å². The number of halogens is 6. The number of hydrogen-bond donors (Lipinski definition) is 0. The Bertz CT molecular complexity index is 925. The maximum Gasteiger partial charge on any atom is 0.425 e. The number of ether oxygens (including phenoxy) is 2. The van der Waals surface area contributed by atoms with Crippen LogP contribution in [0.4, 0.5) is 26.3 Å². The van der Waals surface area contributed by atoms with E-state index >= 15 is 0 Å². The molecule has 2 heterocycles. The van der Waals surface area contributed by atoms with Crippen LogP contribution in [0.3, 0.4) is 0 Å². The molecule has 158 valence electrons. The number of rotatable bonds is 7. The van der Waals surface area contributed by atoms with Crippen molar-refractivity contribution in [3.63, 3.8) is 0 Å². The molecule has 29 heavy (non-hydrogen) atoms. The average molecular weight is 423 g/mol. The second kappa shape index (κ2) is 8.19. The average Bonchev–Trinajstić information content (AvgIpc) is 3.01. The highest BCUT2D eigenvalue weighted by molar-refractivity contribution is 5.77. The number of aliphatic imine (C=N–C) groups is 1. The molecule has 0 radical (unpaired) electrons. The summed E-state index contributed by atoms with van der Waals surface area (Å²) in [5.41, 5.74) is -0.202. The van der Waals surface area contributed by atoms with Gasteiger partial charge in [0.1, 0.15) is 5.82 Å². The summed E-state index contributed by atoms with van der Waals surface area (Å²) in [5.74, 6) is -2.93. The fourth-order valence-corrected chi connectivity index (χ4v) is 2.03. The van der Waals surface area contributed by atoms with E-state index in [1.165, 1.54) is 6.92 Å². The minimum Gasteiger partial charge on any atom is -0.463 e. The Labute approximate surface area is 160 Å². The summed E-state index contributed by atoms with van der Waals surface area (Å²) in [4.78, 5) is 7.12. The van der Waals surface area contributed by atoms with Gasteiger partial charge in [-0.25, -0.2) is 9.37 Å². The molecule has 0 aliphatic heterocycles. The molecule has 0 saturated carbocycles. The molecule has 7 nitrogen and oxygen atoms in total. The van der Waals surface area contributed by atoms with E-state index in [0.29, 0.717) is 6.92 Å². The van der Waals surface area contributed by atoms with Crippen molar-refractivity contribution in [3.8, 4) is 5.88 Å². The third-order valence-electron chi connectivity index (χ3n) is 3.66. The van der Waals surface area contributed by atoms with Crippen molar-refractivity contribution >= 4 is 18.6 Å². The second-order valence-corrected chi connectivity index (χ2v) is 5.65. The lowest BCUT2D eigenvalue weighted by atomic mass is 10.2. The molecule has 0 aliphatic carbocycles. The summed E-state index contributed by atoms with van der Waals surface area (Å²) in [6.07, 6.45) is -8.80. The van der Waals surface area contributed by atoms with E-state index in [9.17, 15) is 26.3 Å². The predicted octanol–water partition coefficient (Wildman–Crippen LogP) is 3.80. The summed E-state index contributed by atoms with van der Waals surface area (Å²) in [5, 5.41) is 6.87. The minimum absolute atomic E-state index is 0.0326. The summed E-state index contributed by atoms with van der Waals surface area (Å²) in [7, 11) is 0.769. The maximum atomic E-state index is 14.2. The van der Waals surface area contributed by atoms with Crippen LogP contribution in [0, 0.1) is 12.7 Å². The lowest BCUT2D eigenvalue weighted by Gasteiger charge is -2.17. The number of hydrogen-bond acceptors (Lipinski definition) is 6. The van der Waals surface area contributed by atoms with Gasteiger partial charge in [0.05, 0.1) is 5.70 Å². The van der Waals surface area contributed by atoms with Crippen LogP contribution < -0.4 is 4.74 Å². The highest BCUT2D eigenvalue weighted by atomic mass is 19.4. The van der Waals surface area contributed by atoms with Crippen molar-refractivity contribution in [2.75, 3.05) is 7.11 Å². The van der Waals surface area contributed by atoms with Crippen molar-refractivity contribution in [2.45, 2.75) is 32.2 Å². The third-order valence-corrected chi connectivity index (χ3v) is 3.66.